The van der Waals surface area contributed by atoms with Gasteiger partial charge in [0.15, 0.2) is 0 Å². The molecule has 1 atom stereocenters. The normalized spacial score (nSPS) is 18.7. The van der Waals surface area contributed by atoms with Gasteiger partial charge in [-0.05, 0) is 89.4 Å². The Kier molecular flexibility index (Phi) is 6.51. The average molecular weight is 414 g/mol. The Labute approximate surface area is 179 Å². The number of hydrogen-bond donors (Lipinski definition) is 0. The van der Waals surface area contributed by atoms with Crippen LogP contribution in [0.5, 0.6) is 5.75 Å². The van der Waals surface area contributed by atoms with E-state index in [-0.39, 0.29) is 29.0 Å². The summed E-state index contributed by atoms with van der Waals surface area (Å²) in [4.78, 5) is 15.4. The predicted molar refractivity (Wildman–Crippen MR) is 116 cm³/mol. The lowest BCUT2D eigenvalue weighted by Crippen LogP contribution is -2.48. The van der Waals surface area contributed by atoms with Gasteiger partial charge in [-0.1, -0.05) is 12.1 Å². The lowest BCUT2D eigenvalue weighted by atomic mass is 9.92. The van der Waals surface area contributed by atoms with Crippen molar-refractivity contribution in [3.05, 3.63) is 65.5 Å². The Morgan fingerprint density at radius 3 is 2.33 bits per heavy atom. The van der Waals surface area contributed by atoms with Crippen molar-refractivity contribution in [3.8, 4) is 5.75 Å². The molecule has 0 radical (unpaired) electrons. The molecule has 1 fully saturated rings. The van der Waals surface area contributed by atoms with Crippen molar-refractivity contribution < 1.29 is 18.7 Å². The second-order valence-corrected chi connectivity index (χ2v) is 9.55. The summed E-state index contributed by atoms with van der Waals surface area (Å²) < 4.78 is 25.1. The number of ether oxygens (including phenoxy) is 2. The van der Waals surface area contributed by atoms with E-state index in [1.54, 1.807) is 12.1 Å². The molecule has 0 aromatic heterocycles. The maximum absolute atomic E-state index is 13.5. The van der Waals surface area contributed by atoms with Crippen molar-refractivity contribution in [2.24, 2.45) is 0 Å². The van der Waals surface area contributed by atoms with E-state index in [9.17, 15) is 9.18 Å². The number of hydrogen-bond acceptors (Lipinski definition) is 3. The molecule has 0 unspecified atom stereocenters. The van der Waals surface area contributed by atoms with Crippen LogP contribution in [0.3, 0.4) is 0 Å². The van der Waals surface area contributed by atoms with Crippen molar-refractivity contribution in [2.45, 2.75) is 71.2 Å². The summed E-state index contributed by atoms with van der Waals surface area (Å²) in [6, 6.07) is 13.7. The molecule has 3 rings (SSSR count). The van der Waals surface area contributed by atoms with Gasteiger partial charge in [0.25, 0.3) is 5.91 Å². The molecule has 162 valence electrons. The average Bonchev–Trinajstić information content (AvgIpc) is 2.65. The molecule has 0 saturated carbocycles. The van der Waals surface area contributed by atoms with E-state index < -0.39 is 0 Å². The highest BCUT2D eigenvalue weighted by Crippen LogP contribution is 2.30. The van der Waals surface area contributed by atoms with E-state index in [1.807, 2.05) is 49.9 Å². The van der Waals surface area contributed by atoms with Crippen molar-refractivity contribution in [1.29, 1.82) is 0 Å². The van der Waals surface area contributed by atoms with Gasteiger partial charge in [-0.25, -0.2) is 4.39 Å². The lowest BCUT2D eigenvalue weighted by Gasteiger charge is -2.41. The number of benzene rings is 2. The van der Waals surface area contributed by atoms with E-state index in [0.29, 0.717) is 18.7 Å². The Bertz CT molecular complexity index is 853. The van der Waals surface area contributed by atoms with Crippen LogP contribution in [0.1, 0.15) is 63.4 Å². The first-order valence-electron chi connectivity index (χ1n) is 10.5. The molecule has 30 heavy (non-hydrogen) atoms. The number of rotatable bonds is 5. The van der Waals surface area contributed by atoms with Gasteiger partial charge in [-0.3, -0.25) is 4.79 Å². The molecule has 1 heterocycles. The van der Waals surface area contributed by atoms with Crippen LogP contribution >= 0.6 is 0 Å². The van der Waals surface area contributed by atoms with Crippen LogP contribution in [-0.4, -0.2) is 34.7 Å². The maximum Gasteiger partial charge on any atom is 0.254 e. The summed E-state index contributed by atoms with van der Waals surface area (Å²) >= 11 is 0. The molecule has 4 nitrogen and oxygen atoms in total. The first kappa shape index (κ1) is 22.3. The second kappa shape index (κ2) is 8.76. The number of halogens is 1. The minimum atomic E-state index is -0.298. The molecule has 0 spiro atoms. The van der Waals surface area contributed by atoms with Crippen molar-refractivity contribution in [2.75, 3.05) is 6.61 Å². The summed E-state index contributed by atoms with van der Waals surface area (Å²) in [5, 5.41) is 0. The highest BCUT2D eigenvalue weighted by Gasteiger charge is 2.34. The number of carbonyl (C=O) groups is 1. The molecule has 1 saturated heterocycles. The standard InChI is InChI=1S/C25H32FNO3/c1-24(2,3)30-22-12-8-19(9-13-22)23(28)27(17-18-6-10-20(26)11-7-18)21-14-15-29-25(4,5)16-21/h6-13,21H,14-17H2,1-5H3/t21-/m0/s1. The van der Waals surface area contributed by atoms with Crippen molar-refractivity contribution >= 4 is 5.91 Å². The summed E-state index contributed by atoms with van der Waals surface area (Å²) in [6.07, 6.45) is 1.53. The van der Waals surface area contributed by atoms with E-state index >= 15 is 0 Å². The van der Waals surface area contributed by atoms with Gasteiger partial charge >= 0.3 is 0 Å². The summed E-state index contributed by atoms with van der Waals surface area (Å²) in [5.74, 6) is 0.416. The molecule has 2 aromatic carbocycles. The van der Waals surface area contributed by atoms with Gasteiger partial charge in [-0.2, -0.15) is 0 Å². The summed E-state index contributed by atoms with van der Waals surface area (Å²) in [5.41, 5.74) is 0.937. The van der Waals surface area contributed by atoms with Crippen LogP contribution in [0.25, 0.3) is 0 Å². The topological polar surface area (TPSA) is 38.8 Å². The van der Waals surface area contributed by atoms with Crippen LogP contribution in [0.15, 0.2) is 48.5 Å². The second-order valence-electron chi connectivity index (χ2n) is 9.55. The molecule has 1 aliphatic rings. The molecular weight excluding hydrogens is 381 g/mol. The molecule has 0 N–H and O–H groups in total. The lowest BCUT2D eigenvalue weighted by molar-refractivity contribution is -0.0792. The van der Waals surface area contributed by atoms with Gasteiger partial charge in [0.2, 0.25) is 0 Å². The zero-order valence-electron chi connectivity index (χ0n) is 18.6. The molecule has 5 heteroatoms. The van der Waals surface area contributed by atoms with Gasteiger partial charge in [-0.15, -0.1) is 0 Å². The van der Waals surface area contributed by atoms with Crippen molar-refractivity contribution in [3.63, 3.8) is 0 Å². The van der Waals surface area contributed by atoms with E-state index in [4.69, 9.17) is 9.47 Å². The quantitative estimate of drug-likeness (QED) is 0.640. The number of nitrogens with zero attached hydrogens (tertiary/aromatic N) is 1. The van der Waals surface area contributed by atoms with Gasteiger partial charge in [0, 0.05) is 24.8 Å². The molecular formula is C25H32FNO3. The first-order chi connectivity index (χ1) is 14.0. The SMILES string of the molecule is CC(C)(C)Oc1ccc(C(=O)N(Cc2ccc(F)cc2)[C@H]2CCOC(C)(C)C2)cc1. The monoisotopic (exact) mass is 413 g/mol. The van der Waals surface area contributed by atoms with E-state index in [0.717, 1.165) is 24.2 Å². The molecule has 1 amide bonds. The molecule has 0 aliphatic carbocycles. The fourth-order valence-corrected chi connectivity index (χ4v) is 3.80. The van der Waals surface area contributed by atoms with Crippen LogP contribution in [-0.2, 0) is 11.3 Å². The van der Waals surface area contributed by atoms with E-state index in [2.05, 4.69) is 13.8 Å². The third-order valence-corrected chi connectivity index (χ3v) is 5.16. The molecule has 2 aromatic rings. The van der Waals surface area contributed by atoms with Crippen LogP contribution in [0.4, 0.5) is 4.39 Å². The third kappa shape index (κ3) is 6.05. The first-order valence-corrected chi connectivity index (χ1v) is 10.5. The minimum Gasteiger partial charge on any atom is -0.488 e. The number of amides is 1. The fraction of sp³-hybridized carbons (Fsp3) is 0.480. The Morgan fingerprint density at radius 1 is 1.13 bits per heavy atom. The van der Waals surface area contributed by atoms with Gasteiger partial charge in [0.05, 0.1) is 5.60 Å². The Morgan fingerprint density at radius 2 is 1.77 bits per heavy atom. The minimum absolute atomic E-state index is 0.0377. The van der Waals surface area contributed by atoms with Crippen molar-refractivity contribution in [1.82, 2.24) is 4.90 Å². The Balaban J connectivity index is 1.84. The van der Waals surface area contributed by atoms with Gasteiger partial charge < -0.3 is 14.4 Å². The highest BCUT2D eigenvalue weighted by atomic mass is 19.1. The fourth-order valence-electron chi connectivity index (χ4n) is 3.80. The van der Waals surface area contributed by atoms with E-state index in [1.165, 1.54) is 12.1 Å². The number of carbonyl (C=O) groups excluding carboxylic acids is 1. The van der Waals surface area contributed by atoms with Gasteiger partial charge in [0.1, 0.15) is 17.2 Å². The highest BCUT2D eigenvalue weighted by molar-refractivity contribution is 5.94. The maximum atomic E-state index is 13.5. The Hall–Kier alpha value is -2.40. The summed E-state index contributed by atoms with van der Waals surface area (Å²) in [7, 11) is 0. The van der Waals surface area contributed by atoms with Crippen LogP contribution in [0, 0.1) is 5.82 Å². The van der Waals surface area contributed by atoms with Crippen LogP contribution in [0.2, 0.25) is 0 Å². The smallest absolute Gasteiger partial charge is 0.254 e. The zero-order chi connectivity index (χ0) is 21.9. The zero-order valence-corrected chi connectivity index (χ0v) is 18.6. The predicted octanol–water partition coefficient (Wildman–Crippen LogP) is 5.60. The third-order valence-electron chi connectivity index (χ3n) is 5.16. The molecule has 0 bridgehead atoms. The van der Waals surface area contributed by atoms with Crippen LogP contribution < -0.4 is 4.74 Å². The summed E-state index contributed by atoms with van der Waals surface area (Å²) in [6.45, 7) is 11.1. The largest absolute Gasteiger partial charge is 0.488 e. The molecule has 1 aliphatic heterocycles.